The van der Waals surface area contributed by atoms with E-state index >= 15 is 4.39 Å². The first kappa shape index (κ1) is 34.7. The maximum atomic E-state index is 15.3. The Balaban J connectivity index is 1.31. The van der Waals surface area contributed by atoms with Crippen LogP contribution >= 0.6 is 34.8 Å². The van der Waals surface area contributed by atoms with E-state index in [9.17, 15) is 41.1 Å². The molecule has 0 spiro atoms. The number of amides is 3. The number of halogens is 9. The number of carbonyl (C=O) groups excluding carboxylic acids is 4. The summed E-state index contributed by atoms with van der Waals surface area (Å²) in [5.41, 5.74) is -3.71. The molecule has 48 heavy (non-hydrogen) atoms. The zero-order chi connectivity index (χ0) is 35.1. The summed E-state index contributed by atoms with van der Waals surface area (Å²) in [6.07, 6.45) is -5.01. The molecular formula is C32H18Cl3F6N3O4. The first-order chi connectivity index (χ1) is 22.5. The van der Waals surface area contributed by atoms with Crippen LogP contribution in [0.15, 0.2) is 78.9 Å². The molecule has 0 saturated heterocycles. The molecule has 3 amide bonds. The molecule has 0 aliphatic heterocycles. The lowest BCUT2D eigenvalue weighted by molar-refractivity contribution is -0.140. The second-order valence-electron chi connectivity index (χ2n) is 10.4. The molecule has 3 N–H and O–H groups in total. The van der Waals surface area contributed by atoms with Crippen molar-refractivity contribution in [3.8, 4) is 0 Å². The van der Waals surface area contributed by atoms with Gasteiger partial charge in [0.05, 0.1) is 27.8 Å². The Labute approximate surface area is 282 Å². The highest BCUT2D eigenvalue weighted by molar-refractivity contribution is 6.53. The summed E-state index contributed by atoms with van der Waals surface area (Å²) in [6, 6.07) is 14.5. The Hall–Kier alpha value is -4.59. The molecule has 0 radical (unpaired) electrons. The van der Waals surface area contributed by atoms with Crippen molar-refractivity contribution in [3.63, 3.8) is 0 Å². The number of alkyl halides is 5. The zero-order valence-corrected chi connectivity index (χ0v) is 26.0. The van der Waals surface area contributed by atoms with Crippen molar-refractivity contribution in [1.29, 1.82) is 0 Å². The monoisotopic (exact) mass is 727 g/mol. The standard InChI is InChI=1S/C32H18Cl3F6N3O4/c33-19-8-7-16(42-29(47)24-23(31(24,34)35)15-6-9-20(36)18(12-15)32(39,40)41)13-17(19)28(46)43-22-11-10-21(37)26(25(22)38)44-30(48)27(45)14-4-2-1-3-5-14/h1-13,23-24H,(H,42,47)(H,43,46)(H,44,48)/t23-,24+/m0/s1. The number of hydrogen-bond acceptors (Lipinski definition) is 4. The van der Waals surface area contributed by atoms with Gasteiger partial charge in [-0.3, -0.25) is 19.2 Å². The fourth-order valence-electron chi connectivity index (χ4n) is 4.86. The molecule has 0 heterocycles. The van der Waals surface area contributed by atoms with Crippen LogP contribution in [-0.2, 0) is 15.8 Å². The van der Waals surface area contributed by atoms with Gasteiger partial charge in [-0.2, -0.15) is 13.2 Å². The lowest BCUT2D eigenvalue weighted by atomic mass is 10.0. The minimum absolute atomic E-state index is 0.0343. The van der Waals surface area contributed by atoms with Gasteiger partial charge in [0.15, 0.2) is 5.82 Å². The first-order valence-corrected chi connectivity index (χ1v) is 14.7. The highest BCUT2D eigenvalue weighted by Gasteiger charge is 2.67. The fraction of sp³-hybridized carbons (Fsp3) is 0.125. The molecule has 1 aliphatic rings. The molecule has 16 heteroatoms. The Bertz CT molecular complexity index is 1970. The van der Waals surface area contributed by atoms with Gasteiger partial charge >= 0.3 is 6.18 Å². The second kappa shape index (κ2) is 13.1. The van der Waals surface area contributed by atoms with Gasteiger partial charge in [0.1, 0.15) is 21.7 Å². The van der Waals surface area contributed by atoms with Crippen molar-refractivity contribution >= 4 is 75.4 Å². The van der Waals surface area contributed by atoms with Crippen LogP contribution < -0.4 is 16.0 Å². The quantitative estimate of drug-likeness (QED) is 0.0734. The molecule has 248 valence electrons. The molecule has 0 unspecified atom stereocenters. The van der Waals surface area contributed by atoms with Gasteiger partial charge in [-0.25, -0.2) is 13.2 Å². The van der Waals surface area contributed by atoms with Crippen LogP contribution in [0.3, 0.4) is 0 Å². The van der Waals surface area contributed by atoms with Gasteiger partial charge in [-0.05, 0) is 48.0 Å². The number of benzene rings is 4. The number of anilines is 3. The molecule has 5 rings (SSSR count). The van der Waals surface area contributed by atoms with Crippen LogP contribution in [0.5, 0.6) is 0 Å². The van der Waals surface area contributed by atoms with Gasteiger partial charge < -0.3 is 16.0 Å². The summed E-state index contributed by atoms with van der Waals surface area (Å²) in [5, 5.41) is 6.29. The molecule has 1 saturated carbocycles. The van der Waals surface area contributed by atoms with Crippen molar-refractivity contribution in [2.75, 3.05) is 16.0 Å². The summed E-state index contributed by atoms with van der Waals surface area (Å²) >= 11 is 18.6. The lowest BCUT2D eigenvalue weighted by Crippen LogP contribution is -2.24. The largest absolute Gasteiger partial charge is 0.419 e. The molecule has 2 atom stereocenters. The molecule has 1 aliphatic carbocycles. The zero-order valence-electron chi connectivity index (χ0n) is 23.7. The predicted molar refractivity (Wildman–Crippen MR) is 166 cm³/mol. The third-order valence-electron chi connectivity index (χ3n) is 7.29. The van der Waals surface area contributed by atoms with Gasteiger partial charge in [-0.15, -0.1) is 23.2 Å². The molecule has 4 aromatic rings. The average Bonchev–Trinajstić information content (AvgIpc) is 3.62. The number of nitrogens with one attached hydrogen (secondary N) is 3. The van der Waals surface area contributed by atoms with Gasteiger partial charge in [0.25, 0.3) is 17.6 Å². The Morgan fingerprint density at radius 1 is 0.771 bits per heavy atom. The van der Waals surface area contributed by atoms with Crippen LogP contribution in [0, 0.1) is 23.4 Å². The van der Waals surface area contributed by atoms with E-state index in [1.807, 2.05) is 5.32 Å². The predicted octanol–water partition coefficient (Wildman–Crippen LogP) is 8.38. The maximum Gasteiger partial charge on any atom is 0.419 e. The number of hydrogen-bond donors (Lipinski definition) is 3. The highest BCUT2D eigenvalue weighted by atomic mass is 35.5. The third-order valence-corrected chi connectivity index (χ3v) is 8.56. The Kier molecular flexibility index (Phi) is 9.51. The normalized spacial score (nSPS) is 16.5. The van der Waals surface area contributed by atoms with Gasteiger partial charge in [0, 0.05) is 17.2 Å². The van der Waals surface area contributed by atoms with Crippen molar-refractivity contribution < 1.29 is 45.5 Å². The summed E-state index contributed by atoms with van der Waals surface area (Å²) < 4.78 is 81.3. The first-order valence-electron chi connectivity index (χ1n) is 13.6. The topological polar surface area (TPSA) is 104 Å². The Morgan fingerprint density at radius 3 is 2.10 bits per heavy atom. The minimum atomic E-state index is -5.01. The average molecular weight is 729 g/mol. The van der Waals surface area contributed by atoms with E-state index in [1.165, 1.54) is 36.4 Å². The van der Waals surface area contributed by atoms with E-state index in [1.54, 1.807) is 6.07 Å². The SMILES string of the molecule is O=C(Nc1c(F)ccc(NC(=O)c2cc(NC(=O)[C@H]3[C@H](c4ccc(F)c(C(F)(F)F)c4)C3(Cl)Cl)ccc2Cl)c1F)C(=O)c1ccccc1. The number of carbonyl (C=O) groups is 4. The molecular weight excluding hydrogens is 711 g/mol. The fourth-order valence-corrected chi connectivity index (χ4v) is 5.89. The van der Waals surface area contributed by atoms with E-state index < -0.39 is 80.2 Å². The molecule has 4 aromatic carbocycles. The van der Waals surface area contributed by atoms with Crippen LogP contribution in [-0.4, -0.2) is 27.8 Å². The molecule has 7 nitrogen and oxygen atoms in total. The van der Waals surface area contributed by atoms with Crippen LogP contribution in [0.1, 0.15) is 37.8 Å². The van der Waals surface area contributed by atoms with E-state index in [2.05, 4.69) is 10.6 Å². The summed E-state index contributed by atoms with van der Waals surface area (Å²) in [4.78, 5) is 50.9. The van der Waals surface area contributed by atoms with E-state index in [4.69, 9.17) is 34.8 Å². The van der Waals surface area contributed by atoms with Crippen molar-refractivity contribution in [1.82, 2.24) is 0 Å². The van der Waals surface area contributed by atoms with Gasteiger partial charge in [-0.1, -0.05) is 48.0 Å². The lowest BCUT2D eigenvalue weighted by Gasteiger charge is -2.13. The Morgan fingerprint density at radius 2 is 1.44 bits per heavy atom. The third kappa shape index (κ3) is 6.98. The number of ketones is 1. The highest BCUT2D eigenvalue weighted by Crippen LogP contribution is 2.65. The molecule has 0 bridgehead atoms. The van der Waals surface area contributed by atoms with E-state index in [-0.39, 0.29) is 27.4 Å². The van der Waals surface area contributed by atoms with E-state index in [0.29, 0.717) is 12.1 Å². The van der Waals surface area contributed by atoms with Crippen LogP contribution in [0.2, 0.25) is 5.02 Å². The maximum absolute atomic E-state index is 15.3. The summed E-state index contributed by atoms with van der Waals surface area (Å²) in [7, 11) is 0. The molecule has 0 aromatic heterocycles. The smallest absolute Gasteiger partial charge is 0.326 e. The number of rotatable bonds is 8. The molecule has 1 fully saturated rings. The van der Waals surface area contributed by atoms with Crippen molar-refractivity contribution in [3.05, 3.63) is 124 Å². The summed E-state index contributed by atoms with van der Waals surface area (Å²) in [5.74, 6) is -10.9. The minimum Gasteiger partial charge on any atom is -0.326 e. The van der Waals surface area contributed by atoms with Gasteiger partial charge in [0.2, 0.25) is 5.91 Å². The summed E-state index contributed by atoms with van der Waals surface area (Å²) in [6.45, 7) is 0. The van der Waals surface area contributed by atoms with E-state index in [0.717, 1.165) is 24.3 Å². The number of Topliss-reactive ketones (excluding diaryl/α,β-unsaturated/α-hetero) is 1. The van der Waals surface area contributed by atoms with Crippen molar-refractivity contribution in [2.45, 2.75) is 16.4 Å². The van der Waals surface area contributed by atoms with Crippen molar-refractivity contribution in [2.24, 2.45) is 5.92 Å². The van der Waals surface area contributed by atoms with Crippen LogP contribution in [0.4, 0.5) is 43.4 Å². The second-order valence-corrected chi connectivity index (χ2v) is 12.3. The van der Waals surface area contributed by atoms with Crippen LogP contribution in [0.25, 0.3) is 0 Å².